The number of amides is 3. The first-order valence-electron chi connectivity index (χ1n) is 8.15. The van der Waals surface area contributed by atoms with Gasteiger partial charge in [0, 0.05) is 18.6 Å². The topological polar surface area (TPSA) is 194 Å². The van der Waals surface area contributed by atoms with Gasteiger partial charge in [0.25, 0.3) is 5.69 Å². The van der Waals surface area contributed by atoms with Crippen molar-refractivity contribution in [2.75, 3.05) is 13.1 Å². The quantitative estimate of drug-likeness (QED) is 0.228. The summed E-state index contributed by atoms with van der Waals surface area (Å²) < 4.78 is 0. The highest BCUT2D eigenvalue weighted by Gasteiger charge is 2.22. The second-order valence-corrected chi connectivity index (χ2v) is 5.87. The minimum absolute atomic E-state index is 0.0452. The van der Waals surface area contributed by atoms with Gasteiger partial charge in [0.1, 0.15) is 12.6 Å². The average Bonchev–Trinajstić information content (AvgIpc) is 2.63. The van der Waals surface area contributed by atoms with Crippen molar-refractivity contribution in [1.82, 2.24) is 16.0 Å². The normalized spacial score (nSPS) is 12.4. The summed E-state index contributed by atoms with van der Waals surface area (Å²) in [5, 5.41) is 26.2. The van der Waals surface area contributed by atoms with E-state index in [9.17, 15) is 29.3 Å². The second-order valence-electron chi connectivity index (χ2n) is 5.87. The number of aliphatic carboxylic acids is 1. The number of carbonyl (C=O) groups is 4. The maximum absolute atomic E-state index is 12.2. The van der Waals surface area contributed by atoms with E-state index in [0.717, 1.165) is 0 Å². The van der Waals surface area contributed by atoms with Crippen molar-refractivity contribution in [1.29, 1.82) is 0 Å². The van der Waals surface area contributed by atoms with Crippen LogP contribution >= 0.6 is 0 Å². The lowest BCUT2D eigenvalue weighted by Gasteiger charge is -2.18. The van der Waals surface area contributed by atoms with Gasteiger partial charge in [0.15, 0.2) is 0 Å². The number of nitrogens with one attached hydrogen (secondary N) is 3. The number of carboxylic acid groups (broad SMARTS) is 1. The van der Waals surface area contributed by atoms with Crippen LogP contribution in [0.3, 0.4) is 0 Å². The first kappa shape index (κ1) is 22.5. The molecule has 0 aliphatic rings. The average molecular weight is 395 g/mol. The van der Waals surface area contributed by atoms with Gasteiger partial charge in [-0.15, -0.1) is 0 Å². The first-order valence-corrected chi connectivity index (χ1v) is 8.15. The van der Waals surface area contributed by atoms with E-state index in [1.54, 1.807) is 0 Å². The molecule has 0 unspecified atom stereocenters. The highest BCUT2D eigenvalue weighted by atomic mass is 16.6. The van der Waals surface area contributed by atoms with Crippen LogP contribution in [0.15, 0.2) is 24.3 Å². The van der Waals surface area contributed by atoms with Crippen LogP contribution in [-0.4, -0.2) is 58.9 Å². The molecule has 1 aromatic carbocycles. The minimum Gasteiger partial charge on any atom is -0.480 e. The van der Waals surface area contributed by atoms with Crippen LogP contribution in [-0.2, 0) is 25.6 Å². The van der Waals surface area contributed by atoms with Gasteiger partial charge in [-0.1, -0.05) is 12.1 Å². The van der Waals surface area contributed by atoms with Gasteiger partial charge < -0.3 is 26.8 Å². The van der Waals surface area contributed by atoms with Crippen molar-refractivity contribution in [3.63, 3.8) is 0 Å². The van der Waals surface area contributed by atoms with Gasteiger partial charge in [-0.2, -0.15) is 0 Å². The zero-order chi connectivity index (χ0) is 21.3. The van der Waals surface area contributed by atoms with Gasteiger partial charge in [-0.3, -0.25) is 29.3 Å². The van der Waals surface area contributed by atoms with Crippen molar-refractivity contribution in [3.8, 4) is 0 Å². The molecule has 0 saturated heterocycles. The lowest BCUT2D eigenvalue weighted by Crippen LogP contribution is -2.52. The Bertz CT molecular complexity index is 748. The predicted molar refractivity (Wildman–Crippen MR) is 96.0 cm³/mol. The summed E-state index contributed by atoms with van der Waals surface area (Å²) in [6.45, 7) is 0.361. The van der Waals surface area contributed by atoms with E-state index in [0.29, 0.717) is 5.56 Å². The smallest absolute Gasteiger partial charge is 0.322 e. The fourth-order valence-electron chi connectivity index (χ4n) is 2.06. The van der Waals surface area contributed by atoms with Gasteiger partial charge >= 0.3 is 5.97 Å². The highest BCUT2D eigenvalue weighted by Crippen LogP contribution is 2.13. The van der Waals surface area contributed by atoms with E-state index in [-0.39, 0.29) is 12.1 Å². The molecule has 1 aromatic rings. The molecule has 0 bridgehead atoms. The van der Waals surface area contributed by atoms with E-state index in [2.05, 4.69) is 16.0 Å². The van der Waals surface area contributed by atoms with Crippen molar-refractivity contribution in [3.05, 3.63) is 39.9 Å². The molecule has 152 valence electrons. The summed E-state index contributed by atoms with van der Waals surface area (Å²) >= 11 is 0. The number of rotatable bonds is 10. The molecule has 0 aromatic heterocycles. The van der Waals surface area contributed by atoms with E-state index in [1.165, 1.54) is 31.2 Å². The van der Waals surface area contributed by atoms with Gasteiger partial charge in [0.05, 0.1) is 17.5 Å². The monoisotopic (exact) mass is 395 g/mol. The SMILES string of the molecule is C[C@@H](N)C(=O)NCC(=O)N[C@@H](Cc1ccc([N+](=O)[O-])cc1)C(=O)NCC(=O)O. The minimum atomic E-state index is -1.27. The Morgan fingerprint density at radius 3 is 2.18 bits per heavy atom. The second kappa shape index (κ2) is 10.6. The molecule has 3 amide bonds. The van der Waals surface area contributed by atoms with Gasteiger partial charge in [-0.05, 0) is 12.5 Å². The molecule has 12 nitrogen and oxygen atoms in total. The Balaban J connectivity index is 2.81. The molecule has 0 saturated carbocycles. The maximum Gasteiger partial charge on any atom is 0.322 e. The standard InChI is InChI=1S/C16H21N5O7/c1-9(17)15(25)18-7-13(22)20-12(16(26)19-8-14(23)24)6-10-2-4-11(5-3-10)21(27)28/h2-5,9,12H,6-8,17H2,1H3,(H,18,25)(H,19,26)(H,20,22)(H,23,24)/t9-,12+/m1/s1. The third-order valence-corrected chi connectivity index (χ3v) is 3.49. The Labute approximate surface area is 159 Å². The fraction of sp³-hybridized carbons (Fsp3) is 0.375. The largest absolute Gasteiger partial charge is 0.480 e. The van der Waals surface area contributed by atoms with Gasteiger partial charge in [0.2, 0.25) is 17.7 Å². The summed E-state index contributed by atoms with van der Waals surface area (Å²) in [5.74, 6) is -3.27. The molecule has 1 rings (SSSR count). The van der Waals surface area contributed by atoms with Crippen LogP contribution in [0.1, 0.15) is 12.5 Å². The number of nitro groups is 1. The number of hydrogen-bond acceptors (Lipinski definition) is 7. The molecule has 6 N–H and O–H groups in total. The van der Waals surface area contributed by atoms with Crippen molar-refractivity contribution in [2.45, 2.75) is 25.4 Å². The number of hydrogen-bond donors (Lipinski definition) is 5. The molecule has 0 radical (unpaired) electrons. The molecule has 0 fully saturated rings. The predicted octanol–water partition coefficient (Wildman–Crippen LogP) is -1.71. The van der Waals surface area contributed by atoms with Crippen LogP contribution in [0.5, 0.6) is 0 Å². The van der Waals surface area contributed by atoms with E-state index < -0.39 is 53.8 Å². The molecule has 0 aliphatic carbocycles. The van der Waals surface area contributed by atoms with Crippen LogP contribution in [0, 0.1) is 10.1 Å². The third kappa shape index (κ3) is 7.78. The number of nitro benzene ring substituents is 1. The number of benzene rings is 1. The van der Waals surface area contributed by atoms with Crippen molar-refractivity contribution in [2.24, 2.45) is 5.73 Å². The van der Waals surface area contributed by atoms with Gasteiger partial charge in [-0.25, -0.2) is 0 Å². The summed E-state index contributed by atoms with van der Waals surface area (Å²) in [6.07, 6.45) is -0.0452. The zero-order valence-electron chi connectivity index (χ0n) is 15.0. The molecule has 0 aliphatic heterocycles. The summed E-state index contributed by atoms with van der Waals surface area (Å²) in [5.41, 5.74) is 5.72. The lowest BCUT2D eigenvalue weighted by atomic mass is 10.0. The summed E-state index contributed by atoms with van der Waals surface area (Å²) in [4.78, 5) is 56.4. The van der Waals surface area contributed by atoms with E-state index in [1.807, 2.05) is 0 Å². The first-order chi connectivity index (χ1) is 13.1. The maximum atomic E-state index is 12.2. The van der Waals surface area contributed by atoms with Crippen LogP contribution in [0.4, 0.5) is 5.69 Å². The molecule has 2 atom stereocenters. The lowest BCUT2D eigenvalue weighted by molar-refractivity contribution is -0.384. The number of carboxylic acids is 1. The van der Waals surface area contributed by atoms with Crippen LogP contribution in [0.2, 0.25) is 0 Å². The summed E-state index contributed by atoms with van der Waals surface area (Å²) in [6, 6.07) is 3.35. The van der Waals surface area contributed by atoms with Crippen molar-refractivity contribution >= 4 is 29.4 Å². The Morgan fingerprint density at radius 1 is 1.11 bits per heavy atom. The van der Waals surface area contributed by atoms with Crippen LogP contribution in [0.25, 0.3) is 0 Å². The Hall–Kier alpha value is -3.54. The molecule has 0 spiro atoms. The Kier molecular flexibility index (Phi) is 8.49. The Morgan fingerprint density at radius 2 is 1.68 bits per heavy atom. The molecule has 12 heteroatoms. The third-order valence-electron chi connectivity index (χ3n) is 3.49. The molecule has 28 heavy (non-hydrogen) atoms. The number of carbonyl (C=O) groups excluding carboxylic acids is 3. The summed E-state index contributed by atoms with van der Waals surface area (Å²) in [7, 11) is 0. The zero-order valence-corrected chi connectivity index (χ0v) is 15.0. The van der Waals surface area contributed by atoms with E-state index >= 15 is 0 Å². The van der Waals surface area contributed by atoms with Crippen molar-refractivity contribution < 1.29 is 29.2 Å². The fourth-order valence-corrected chi connectivity index (χ4v) is 2.06. The molecular weight excluding hydrogens is 374 g/mol. The molecule has 0 heterocycles. The molecular formula is C16H21N5O7. The number of nitrogens with zero attached hydrogens (tertiary/aromatic N) is 1. The van der Waals surface area contributed by atoms with E-state index in [4.69, 9.17) is 10.8 Å². The van der Waals surface area contributed by atoms with Crippen LogP contribution < -0.4 is 21.7 Å². The number of non-ortho nitro benzene ring substituents is 1. The number of nitrogens with two attached hydrogens (primary N) is 1. The highest BCUT2D eigenvalue weighted by molar-refractivity contribution is 5.92.